The van der Waals surface area contributed by atoms with E-state index >= 15 is 0 Å². The van der Waals surface area contributed by atoms with E-state index in [0.717, 1.165) is 11.1 Å². The van der Waals surface area contributed by atoms with Crippen LogP contribution in [0.25, 0.3) is 11.1 Å². The van der Waals surface area contributed by atoms with E-state index in [2.05, 4.69) is 22.6 Å². The van der Waals surface area contributed by atoms with Crippen molar-refractivity contribution in [2.75, 3.05) is 0 Å². The lowest BCUT2D eigenvalue weighted by atomic mass is 10.1. The number of H-pyrrole nitrogens is 1. The minimum atomic E-state index is 0.612. The number of halogens is 1. The highest BCUT2D eigenvalue weighted by Crippen LogP contribution is 2.26. The van der Waals surface area contributed by atoms with Gasteiger partial charge in [-0.1, -0.05) is 36.0 Å². The van der Waals surface area contributed by atoms with E-state index < -0.39 is 0 Å². The molecule has 2 aromatic rings. The first kappa shape index (κ1) is 10.7. The predicted octanol–water partition coefficient (Wildman–Crippen LogP) is 3.75. The topological polar surface area (TPSA) is 28.7 Å². The molecule has 0 unspecified atom stereocenters. The SMILES string of the molecule is S=c1[nH]cnc(S)c1-c1ccc(Cl)cc1. The van der Waals surface area contributed by atoms with Gasteiger partial charge < -0.3 is 4.98 Å². The van der Waals surface area contributed by atoms with Crippen LogP contribution in [-0.2, 0) is 0 Å². The van der Waals surface area contributed by atoms with Gasteiger partial charge in [0.2, 0.25) is 0 Å². The summed E-state index contributed by atoms with van der Waals surface area (Å²) >= 11 is 15.3. The van der Waals surface area contributed by atoms with Crippen LogP contribution in [0, 0.1) is 4.64 Å². The maximum absolute atomic E-state index is 5.81. The van der Waals surface area contributed by atoms with E-state index in [1.54, 1.807) is 0 Å². The van der Waals surface area contributed by atoms with Crippen LogP contribution in [0.2, 0.25) is 5.02 Å². The molecular formula is C10H7ClN2S2. The molecule has 0 atom stereocenters. The van der Waals surface area contributed by atoms with Crippen molar-refractivity contribution in [1.29, 1.82) is 0 Å². The molecule has 0 saturated carbocycles. The Morgan fingerprint density at radius 2 is 1.93 bits per heavy atom. The van der Waals surface area contributed by atoms with E-state index in [1.807, 2.05) is 24.3 Å². The third-order valence-corrected chi connectivity index (χ3v) is 2.88. The largest absolute Gasteiger partial charge is 0.337 e. The van der Waals surface area contributed by atoms with Gasteiger partial charge in [0, 0.05) is 10.6 Å². The van der Waals surface area contributed by atoms with Gasteiger partial charge in [0.1, 0.15) is 9.67 Å². The number of aromatic amines is 1. The molecule has 0 aliphatic heterocycles. The van der Waals surface area contributed by atoms with Gasteiger partial charge in [-0.3, -0.25) is 0 Å². The van der Waals surface area contributed by atoms with Gasteiger partial charge in [-0.2, -0.15) is 0 Å². The Balaban J connectivity index is 2.64. The number of nitrogens with one attached hydrogen (secondary N) is 1. The average molecular weight is 255 g/mol. The molecule has 0 amide bonds. The van der Waals surface area contributed by atoms with Crippen LogP contribution in [-0.4, -0.2) is 9.97 Å². The quantitative estimate of drug-likeness (QED) is 0.461. The molecule has 1 aromatic carbocycles. The van der Waals surface area contributed by atoms with Crippen molar-refractivity contribution < 1.29 is 0 Å². The van der Waals surface area contributed by atoms with Crippen molar-refractivity contribution in [2.45, 2.75) is 5.03 Å². The Kier molecular flexibility index (Phi) is 3.09. The molecule has 2 rings (SSSR count). The second kappa shape index (κ2) is 4.35. The number of thiol groups is 1. The highest BCUT2D eigenvalue weighted by Gasteiger charge is 2.05. The predicted molar refractivity (Wildman–Crippen MR) is 67.1 cm³/mol. The summed E-state index contributed by atoms with van der Waals surface area (Å²) in [7, 11) is 0. The summed E-state index contributed by atoms with van der Waals surface area (Å²) in [6.07, 6.45) is 1.53. The molecule has 0 bridgehead atoms. The summed E-state index contributed by atoms with van der Waals surface area (Å²) in [6, 6.07) is 7.41. The first-order valence-electron chi connectivity index (χ1n) is 4.21. The van der Waals surface area contributed by atoms with Gasteiger partial charge in [-0.25, -0.2) is 4.98 Å². The van der Waals surface area contributed by atoms with Gasteiger partial charge in [0.15, 0.2) is 0 Å². The van der Waals surface area contributed by atoms with Crippen LogP contribution in [0.1, 0.15) is 0 Å². The maximum atomic E-state index is 5.81. The Labute approximate surface area is 103 Å². The van der Waals surface area contributed by atoms with Crippen LogP contribution >= 0.6 is 36.4 Å². The summed E-state index contributed by atoms with van der Waals surface area (Å²) < 4.78 is 0.623. The van der Waals surface area contributed by atoms with Crippen LogP contribution < -0.4 is 0 Å². The highest BCUT2D eigenvalue weighted by atomic mass is 35.5. The molecule has 0 spiro atoms. The Morgan fingerprint density at radius 3 is 2.53 bits per heavy atom. The van der Waals surface area contributed by atoms with Crippen molar-refractivity contribution in [3.8, 4) is 11.1 Å². The summed E-state index contributed by atoms with van der Waals surface area (Å²) in [6.45, 7) is 0. The van der Waals surface area contributed by atoms with Crippen LogP contribution in [0.3, 0.4) is 0 Å². The fourth-order valence-electron chi connectivity index (χ4n) is 1.27. The number of benzene rings is 1. The third-order valence-electron chi connectivity index (χ3n) is 1.97. The van der Waals surface area contributed by atoms with Crippen LogP contribution in [0.5, 0.6) is 0 Å². The first-order valence-corrected chi connectivity index (χ1v) is 5.44. The highest BCUT2D eigenvalue weighted by molar-refractivity contribution is 7.80. The molecule has 5 heteroatoms. The van der Waals surface area contributed by atoms with Crippen molar-refractivity contribution in [3.05, 3.63) is 40.3 Å². The summed E-state index contributed by atoms with van der Waals surface area (Å²) in [4.78, 5) is 6.92. The zero-order valence-corrected chi connectivity index (χ0v) is 10.0. The Bertz CT molecular complexity index is 534. The molecule has 1 aromatic heterocycles. The normalized spacial score (nSPS) is 10.3. The lowest BCUT2D eigenvalue weighted by Gasteiger charge is -2.04. The molecule has 0 saturated heterocycles. The number of hydrogen-bond acceptors (Lipinski definition) is 3. The van der Waals surface area contributed by atoms with Gasteiger partial charge in [0.25, 0.3) is 0 Å². The fourth-order valence-corrected chi connectivity index (χ4v) is 2.03. The minimum absolute atomic E-state index is 0.612. The zero-order valence-electron chi connectivity index (χ0n) is 7.57. The van der Waals surface area contributed by atoms with Gasteiger partial charge in [-0.15, -0.1) is 12.6 Å². The average Bonchev–Trinajstić information content (AvgIpc) is 2.20. The molecule has 1 heterocycles. The van der Waals surface area contributed by atoms with Crippen LogP contribution in [0.15, 0.2) is 35.6 Å². The second-order valence-electron chi connectivity index (χ2n) is 2.94. The molecule has 76 valence electrons. The van der Waals surface area contributed by atoms with Crippen molar-refractivity contribution >= 4 is 36.4 Å². The third kappa shape index (κ3) is 2.22. The summed E-state index contributed by atoms with van der Waals surface area (Å²) in [5, 5.41) is 1.30. The zero-order chi connectivity index (χ0) is 10.8. The molecule has 15 heavy (non-hydrogen) atoms. The number of rotatable bonds is 1. The van der Waals surface area contributed by atoms with Crippen LogP contribution in [0.4, 0.5) is 0 Å². The lowest BCUT2D eigenvalue weighted by molar-refractivity contribution is 1.05. The fraction of sp³-hybridized carbons (Fsp3) is 0. The number of aromatic nitrogens is 2. The standard InChI is InChI=1S/C10H7ClN2S2/c11-7-3-1-6(2-4-7)8-9(14)12-5-13-10(8)15/h1-5H,(H2,12,13,14,15). The van der Waals surface area contributed by atoms with E-state index in [1.165, 1.54) is 6.33 Å². The molecule has 0 aliphatic carbocycles. The van der Waals surface area contributed by atoms with Crippen molar-refractivity contribution in [3.63, 3.8) is 0 Å². The van der Waals surface area contributed by atoms with Crippen molar-refractivity contribution in [1.82, 2.24) is 9.97 Å². The maximum Gasteiger partial charge on any atom is 0.115 e. The molecule has 0 radical (unpaired) electrons. The molecule has 1 N–H and O–H groups in total. The Hall–Kier alpha value is -0.840. The van der Waals surface area contributed by atoms with Gasteiger partial charge in [0.05, 0.1) is 6.33 Å². The van der Waals surface area contributed by atoms with Crippen molar-refractivity contribution in [2.24, 2.45) is 0 Å². The van der Waals surface area contributed by atoms with E-state index in [0.29, 0.717) is 14.7 Å². The van der Waals surface area contributed by atoms with E-state index in [-0.39, 0.29) is 0 Å². The number of hydrogen-bond donors (Lipinski definition) is 2. The van der Waals surface area contributed by atoms with Gasteiger partial charge in [-0.05, 0) is 17.7 Å². The molecular weight excluding hydrogens is 248 g/mol. The molecule has 2 nitrogen and oxygen atoms in total. The van der Waals surface area contributed by atoms with E-state index in [9.17, 15) is 0 Å². The minimum Gasteiger partial charge on any atom is -0.337 e. The first-order chi connectivity index (χ1) is 7.18. The number of nitrogens with zero attached hydrogens (tertiary/aromatic N) is 1. The summed E-state index contributed by atoms with van der Waals surface area (Å²) in [5.74, 6) is 0. The second-order valence-corrected chi connectivity index (χ2v) is 4.21. The monoisotopic (exact) mass is 254 g/mol. The Morgan fingerprint density at radius 1 is 1.27 bits per heavy atom. The molecule has 0 fully saturated rings. The van der Waals surface area contributed by atoms with Gasteiger partial charge >= 0.3 is 0 Å². The smallest absolute Gasteiger partial charge is 0.115 e. The lowest BCUT2D eigenvalue weighted by Crippen LogP contribution is -1.88. The summed E-state index contributed by atoms with van der Waals surface area (Å²) in [5.41, 5.74) is 1.78. The molecule has 0 aliphatic rings. The van der Waals surface area contributed by atoms with E-state index in [4.69, 9.17) is 23.8 Å².